The summed E-state index contributed by atoms with van der Waals surface area (Å²) < 4.78 is 10.6. The van der Waals surface area contributed by atoms with E-state index >= 15 is 0 Å². The van der Waals surface area contributed by atoms with Crippen molar-refractivity contribution in [3.63, 3.8) is 0 Å². The van der Waals surface area contributed by atoms with Crippen molar-refractivity contribution >= 4 is 5.97 Å². The number of ether oxygens (including phenoxy) is 2. The number of esters is 1. The molecular formula is C11H18O3. The first-order chi connectivity index (χ1) is 6.65. The molecule has 1 aliphatic carbocycles. The fourth-order valence-corrected chi connectivity index (χ4v) is 2.16. The van der Waals surface area contributed by atoms with Crippen molar-refractivity contribution in [1.82, 2.24) is 0 Å². The largest absolute Gasteiger partial charge is 0.465 e. The van der Waals surface area contributed by atoms with Gasteiger partial charge in [-0.05, 0) is 26.2 Å². The maximum atomic E-state index is 11.7. The summed E-state index contributed by atoms with van der Waals surface area (Å²) in [6.45, 7) is 4.66. The zero-order chi connectivity index (χ0) is 10.2. The highest BCUT2D eigenvalue weighted by Gasteiger charge is 2.57. The minimum absolute atomic E-state index is 0.0262. The highest BCUT2D eigenvalue weighted by Crippen LogP contribution is 2.50. The Hall–Kier alpha value is -0.570. The van der Waals surface area contributed by atoms with E-state index in [0.29, 0.717) is 18.8 Å². The van der Waals surface area contributed by atoms with Gasteiger partial charge in [0.05, 0.1) is 24.2 Å². The lowest BCUT2D eigenvalue weighted by atomic mass is 9.88. The van der Waals surface area contributed by atoms with Gasteiger partial charge < -0.3 is 9.47 Å². The summed E-state index contributed by atoms with van der Waals surface area (Å²) >= 11 is 0. The van der Waals surface area contributed by atoms with Crippen LogP contribution in [0.4, 0.5) is 0 Å². The normalized spacial score (nSPS) is 39.3. The van der Waals surface area contributed by atoms with E-state index in [4.69, 9.17) is 9.47 Å². The lowest BCUT2D eigenvalue weighted by Crippen LogP contribution is -2.29. The van der Waals surface area contributed by atoms with Crippen LogP contribution in [0.25, 0.3) is 0 Å². The molecule has 2 rings (SSSR count). The Morgan fingerprint density at radius 3 is 2.71 bits per heavy atom. The molecule has 0 aromatic rings. The monoisotopic (exact) mass is 198 g/mol. The van der Waals surface area contributed by atoms with Gasteiger partial charge in [-0.3, -0.25) is 4.79 Å². The quantitative estimate of drug-likeness (QED) is 0.393. The van der Waals surface area contributed by atoms with Gasteiger partial charge in [-0.2, -0.15) is 0 Å². The van der Waals surface area contributed by atoms with Crippen LogP contribution < -0.4 is 0 Å². The molecule has 0 spiro atoms. The van der Waals surface area contributed by atoms with E-state index in [0.717, 1.165) is 25.7 Å². The molecule has 0 aromatic carbocycles. The molecule has 0 bridgehead atoms. The molecule has 1 aliphatic heterocycles. The van der Waals surface area contributed by atoms with Crippen molar-refractivity contribution in [2.45, 2.75) is 51.7 Å². The van der Waals surface area contributed by atoms with E-state index in [1.54, 1.807) is 0 Å². The second-order valence-electron chi connectivity index (χ2n) is 4.67. The van der Waals surface area contributed by atoms with Crippen molar-refractivity contribution in [2.24, 2.45) is 5.41 Å². The number of hydrogen-bond acceptors (Lipinski definition) is 3. The van der Waals surface area contributed by atoms with Gasteiger partial charge in [-0.15, -0.1) is 0 Å². The van der Waals surface area contributed by atoms with Gasteiger partial charge in [0.15, 0.2) is 0 Å². The smallest absolute Gasteiger partial charge is 0.311 e. The van der Waals surface area contributed by atoms with E-state index < -0.39 is 0 Å². The summed E-state index contributed by atoms with van der Waals surface area (Å²) in [6, 6.07) is 0. The molecule has 2 aliphatic rings. The van der Waals surface area contributed by atoms with Crippen LogP contribution in [-0.4, -0.2) is 24.8 Å². The lowest BCUT2D eigenvalue weighted by Gasteiger charge is -2.22. The molecular weight excluding hydrogens is 180 g/mol. The van der Waals surface area contributed by atoms with Crippen LogP contribution in [0.15, 0.2) is 0 Å². The predicted molar refractivity (Wildman–Crippen MR) is 51.9 cm³/mol. The minimum Gasteiger partial charge on any atom is -0.465 e. The minimum atomic E-state index is -0.263. The van der Waals surface area contributed by atoms with Gasteiger partial charge in [0.2, 0.25) is 0 Å². The van der Waals surface area contributed by atoms with Gasteiger partial charge in [-0.25, -0.2) is 0 Å². The Labute approximate surface area is 84.8 Å². The molecule has 3 heteroatoms. The Morgan fingerprint density at radius 2 is 2.14 bits per heavy atom. The molecule has 0 amide bonds. The Bertz CT molecular complexity index is 227. The molecule has 0 N–H and O–H groups in total. The van der Waals surface area contributed by atoms with Crippen molar-refractivity contribution in [3.8, 4) is 0 Å². The summed E-state index contributed by atoms with van der Waals surface area (Å²) in [5.74, 6) is -0.0262. The SMILES string of the molecule is CCCCOC(=O)[C@@]1(C)C[C@@H]2O[C@@H]2C1. The second kappa shape index (κ2) is 3.54. The maximum Gasteiger partial charge on any atom is 0.311 e. The van der Waals surface area contributed by atoms with Crippen LogP contribution in [0.3, 0.4) is 0 Å². The number of unbranched alkanes of at least 4 members (excludes halogenated alkanes) is 1. The van der Waals surface area contributed by atoms with Crippen molar-refractivity contribution in [1.29, 1.82) is 0 Å². The second-order valence-corrected chi connectivity index (χ2v) is 4.67. The molecule has 2 fully saturated rings. The lowest BCUT2D eigenvalue weighted by molar-refractivity contribution is -0.156. The van der Waals surface area contributed by atoms with Crippen molar-refractivity contribution in [2.75, 3.05) is 6.61 Å². The number of carbonyl (C=O) groups is 1. The first-order valence-corrected chi connectivity index (χ1v) is 5.48. The van der Waals surface area contributed by atoms with Gasteiger partial charge >= 0.3 is 5.97 Å². The van der Waals surface area contributed by atoms with Gasteiger partial charge in [0, 0.05) is 0 Å². The fraction of sp³-hybridized carbons (Fsp3) is 0.909. The third kappa shape index (κ3) is 1.78. The molecule has 0 radical (unpaired) electrons. The summed E-state index contributed by atoms with van der Waals surface area (Å²) in [7, 11) is 0. The Morgan fingerprint density at radius 1 is 1.50 bits per heavy atom. The average Bonchev–Trinajstić information content (AvgIpc) is 2.75. The summed E-state index contributed by atoms with van der Waals surface area (Å²) in [6.07, 6.45) is 4.42. The molecule has 14 heavy (non-hydrogen) atoms. The number of carbonyl (C=O) groups excluding carboxylic acids is 1. The Balaban J connectivity index is 1.79. The first-order valence-electron chi connectivity index (χ1n) is 5.48. The van der Waals surface area contributed by atoms with Crippen molar-refractivity contribution < 1.29 is 14.3 Å². The topological polar surface area (TPSA) is 38.8 Å². The van der Waals surface area contributed by atoms with Crippen LogP contribution in [0.2, 0.25) is 0 Å². The van der Waals surface area contributed by atoms with Crippen molar-refractivity contribution in [3.05, 3.63) is 0 Å². The molecule has 0 unspecified atom stereocenters. The van der Waals surface area contributed by atoms with Crippen LogP contribution in [-0.2, 0) is 14.3 Å². The average molecular weight is 198 g/mol. The Kier molecular flexibility index (Phi) is 2.52. The number of rotatable bonds is 4. The van der Waals surface area contributed by atoms with E-state index in [1.807, 2.05) is 6.92 Å². The van der Waals surface area contributed by atoms with Gasteiger partial charge in [0.1, 0.15) is 0 Å². The molecule has 3 atom stereocenters. The van der Waals surface area contributed by atoms with E-state index in [9.17, 15) is 4.79 Å². The van der Waals surface area contributed by atoms with Crippen LogP contribution in [0, 0.1) is 5.41 Å². The number of hydrogen-bond donors (Lipinski definition) is 0. The zero-order valence-corrected chi connectivity index (χ0v) is 8.91. The molecule has 1 saturated heterocycles. The summed E-state index contributed by atoms with van der Waals surface area (Å²) in [5, 5.41) is 0. The third-order valence-corrected chi connectivity index (χ3v) is 3.21. The highest BCUT2D eigenvalue weighted by molar-refractivity contribution is 5.77. The van der Waals surface area contributed by atoms with E-state index in [1.165, 1.54) is 0 Å². The van der Waals surface area contributed by atoms with E-state index in [-0.39, 0.29) is 11.4 Å². The van der Waals surface area contributed by atoms with E-state index in [2.05, 4.69) is 6.92 Å². The summed E-state index contributed by atoms with van der Waals surface area (Å²) in [4.78, 5) is 11.7. The summed E-state index contributed by atoms with van der Waals surface area (Å²) in [5.41, 5.74) is -0.263. The fourth-order valence-electron chi connectivity index (χ4n) is 2.16. The molecule has 3 nitrogen and oxygen atoms in total. The van der Waals surface area contributed by atoms with Gasteiger partial charge in [0.25, 0.3) is 0 Å². The van der Waals surface area contributed by atoms with Crippen LogP contribution in [0.5, 0.6) is 0 Å². The number of fused-ring (bicyclic) bond motifs is 1. The highest BCUT2D eigenvalue weighted by atomic mass is 16.6. The molecule has 1 saturated carbocycles. The number of epoxide rings is 1. The predicted octanol–water partition coefficient (Wildman–Crippen LogP) is 1.90. The zero-order valence-electron chi connectivity index (χ0n) is 8.91. The molecule has 80 valence electrons. The third-order valence-electron chi connectivity index (χ3n) is 3.21. The molecule has 0 aromatic heterocycles. The van der Waals surface area contributed by atoms with Gasteiger partial charge in [-0.1, -0.05) is 13.3 Å². The van der Waals surface area contributed by atoms with Crippen LogP contribution >= 0.6 is 0 Å². The maximum absolute atomic E-state index is 11.7. The first kappa shape index (κ1) is 9.97. The standard InChI is InChI=1S/C11H18O3/c1-3-4-5-13-10(12)11(2)6-8-9(7-11)14-8/h8-9H,3-7H2,1-2H3/t8-,9+,11-. The molecule has 1 heterocycles. The van der Waals surface area contributed by atoms with Crippen LogP contribution in [0.1, 0.15) is 39.5 Å².